The lowest BCUT2D eigenvalue weighted by Gasteiger charge is -2.05. The Labute approximate surface area is 88.5 Å². The van der Waals surface area contributed by atoms with Gasteiger partial charge in [-0.1, -0.05) is 0 Å². The Morgan fingerprint density at radius 1 is 1.57 bits per heavy atom. The second-order valence-electron chi connectivity index (χ2n) is 3.21. The number of hydrogen-bond acceptors (Lipinski definition) is 2. The lowest BCUT2D eigenvalue weighted by Crippen LogP contribution is -2.05. The quantitative estimate of drug-likeness (QED) is 0.605. The average Bonchev–Trinajstić information content (AvgIpc) is 2.15. The molecule has 1 N–H and O–H groups in total. The van der Waals surface area contributed by atoms with E-state index in [1.807, 2.05) is 6.92 Å². The SMILES string of the molecule is CC(Cl)CCCNc1ccc(F)cn1. The van der Waals surface area contributed by atoms with E-state index in [4.69, 9.17) is 11.6 Å². The zero-order valence-electron chi connectivity index (χ0n) is 8.13. The lowest BCUT2D eigenvalue weighted by molar-refractivity contribution is 0.621. The number of hydrogen-bond donors (Lipinski definition) is 1. The van der Waals surface area contributed by atoms with Crippen molar-refractivity contribution in [2.75, 3.05) is 11.9 Å². The van der Waals surface area contributed by atoms with Crippen LogP contribution in [0.4, 0.5) is 10.2 Å². The molecule has 0 saturated heterocycles. The van der Waals surface area contributed by atoms with Crippen LogP contribution in [0, 0.1) is 5.82 Å². The first-order valence-corrected chi connectivity index (χ1v) is 5.11. The average molecular weight is 217 g/mol. The molecule has 1 rings (SSSR count). The molecule has 0 radical (unpaired) electrons. The fourth-order valence-electron chi connectivity index (χ4n) is 1.08. The van der Waals surface area contributed by atoms with Gasteiger partial charge in [0.05, 0.1) is 6.20 Å². The van der Waals surface area contributed by atoms with E-state index in [1.165, 1.54) is 12.3 Å². The summed E-state index contributed by atoms with van der Waals surface area (Å²) in [6.07, 6.45) is 3.16. The van der Waals surface area contributed by atoms with Gasteiger partial charge >= 0.3 is 0 Å². The summed E-state index contributed by atoms with van der Waals surface area (Å²) >= 11 is 5.79. The van der Waals surface area contributed by atoms with Crippen molar-refractivity contribution < 1.29 is 4.39 Å². The normalized spacial score (nSPS) is 12.5. The highest BCUT2D eigenvalue weighted by Gasteiger charge is 1.97. The van der Waals surface area contributed by atoms with Crippen LogP contribution in [0.3, 0.4) is 0 Å². The Balaban J connectivity index is 2.21. The predicted molar refractivity (Wildman–Crippen MR) is 57.2 cm³/mol. The van der Waals surface area contributed by atoms with E-state index in [0.717, 1.165) is 19.4 Å². The highest BCUT2D eigenvalue weighted by Crippen LogP contribution is 2.06. The Bertz CT molecular complexity index is 261. The number of rotatable bonds is 5. The topological polar surface area (TPSA) is 24.9 Å². The number of aromatic nitrogens is 1. The first kappa shape index (κ1) is 11.2. The standard InChI is InChI=1S/C10H14ClFN2/c1-8(11)3-2-6-13-10-5-4-9(12)7-14-10/h4-5,7-8H,2-3,6H2,1H3,(H,13,14). The van der Waals surface area contributed by atoms with Gasteiger partial charge in [0.1, 0.15) is 11.6 Å². The molecule has 4 heteroatoms. The maximum absolute atomic E-state index is 12.5. The van der Waals surface area contributed by atoms with Crippen LogP contribution in [-0.4, -0.2) is 16.9 Å². The number of pyridine rings is 1. The van der Waals surface area contributed by atoms with Crippen LogP contribution in [0.25, 0.3) is 0 Å². The summed E-state index contributed by atoms with van der Waals surface area (Å²) in [4.78, 5) is 3.88. The van der Waals surface area contributed by atoms with Crippen LogP contribution >= 0.6 is 11.6 Å². The van der Waals surface area contributed by atoms with E-state index >= 15 is 0 Å². The number of alkyl halides is 1. The number of anilines is 1. The van der Waals surface area contributed by atoms with E-state index in [-0.39, 0.29) is 11.2 Å². The molecule has 1 aromatic heterocycles. The summed E-state index contributed by atoms with van der Waals surface area (Å²) in [5.74, 6) is 0.388. The summed E-state index contributed by atoms with van der Waals surface area (Å²) in [7, 11) is 0. The molecule has 0 aromatic carbocycles. The Morgan fingerprint density at radius 3 is 2.93 bits per heavy atom. The van der Waals surface area contributed by atoms with Crippen LogP contribution in [-0.2, 0) is 0 Å². The van der Waals surface area contributed by atoms with E-state index in [9.17, 15) is 4.39 Å². The minimum atomic E-state index is -0.315. The molecule has 78 valence electrons. The van der Waals surface area contributed by atoms with Crippen molar-refractivity contribution in [1.29, 1.82) is 0 Å². The molecule has 2 nitrogen and oxygen atoms in total. The maximum Gasteiger partial charge on any atom is 0.141 e. The van der Waals surface area contributed by atoms with Crippen molar-refractivity contribution in [2.45, 2.75) is 25.1 Å². The van der Waals surface area contributed by atoms with E-state index < -0.39 is 0 Å². The van der Waals surface area contributed by atoms with Gasteiger partial charge < -0.3 is 5.32 Å². The Hall–Kier alpha value is -0.830. The van der Waals surface area contributed by atoms with Crippen LogP contribution in [0.15, 0.2) is 18.3 Å². The van der Waals surface area contributed by atoms with Gasteiger partial charge in [-0.05, 0) is 31.9 Å². The van der Waals surface area contributed by atoms with Gasteiger partial charge in [0.2, 0.25) is 0 Å². The fraction of sp³-hybridized carbons (Fsp3) is 0.500. The Kier molecular flexibility index (Phi) is 4.66. The molecular formula is C10H14ClFN2. The zero-order chi connectivity index (χ0) is 10.4. The van der Waals surface area contributed by atoms with Crippen molar-refractivity contribution in [3.8, 4) is 0 Å². The summed E-state index contributed by atoms with van der Waals surface area (Å²) in [5, 5.41) is 3.30. The maximum atomic E-state index is 12.5. The Morgan fingerprint density at radius 2 is 2.36 bits per heavy atom. The van der Waals surface area contributed by atoms with Crippen LogP contribution < -0.4 is 5.32 Å². The molecule has 0 fully saturated rings. The van der Waals surface area contributed by atoms with Crippen molar-refractivity contribution in [3.63, 3.8) is 0 Å². The van der Waals surface area contributed by atoms with Gasteiger partial charge in [0.15, 0.2) is 0 Å². The zero-order valence-corrected chi connectivity index (χ0v) is 8.89. The molecule has 0 saturated carbocycles. The van der Waals surface area contributed by atoms with Crippen molar-refractivity contribution in [2.24, 2.45) is 0 Å². The fourth-order valence-corrected chi connectivity index (χ4v) is 1.23. The van der Waals surface area contributed by atoms with Gasteiger partial charge in [-0.3, -0.25) is 0 Å². The summed E-state index contributed by atoms with van der Waals surface area (Å²) in [6, 6.07) is 3.01. The van der Waals surface area contributed by atoms with Crippen molar-refractivity contribution in [3.05, 3.63) is 24.1 Å². The highest BCUT2D eigenvalue weighted by molar-refractivity contribution is 6.20. The minimum absolute atomic E-state index is 0.206. The molecule has 0 spiro atoms. The summed E-state index contributed by atoms with van der Waals surface area (Å²) in [6.45, 7) is 2.79. The highest BCUT2D eigenvalue weighted by atomic mass is 35.5. The molecule has 0 aliphatic heterocycles. The second-order valence-corrected chi connectivity index (χ2v) is 3.96. The monoisotopic (exact) mass is 216 g/mol. The van der Waals surface area contributed by atoms with Crippen LogP contribution in [0.1, 0.15) is 19.8 Å². The third-order valence-corrected chi connectivity index (χ3v) is 2.03. The molecule has 1 unspecified atom stereocenters. The van der Waals surface area contributed by atoms with E-state index in [2.05, 4.69) is 10.3 Å². The number of nitrogens with one attached hydrogen (secondary N) is 1. The molecule has 1 heterocycles. The molecule has 0 aliphatic rings. The molecule has 1 atom stereocenters. The largest absolute Gasteiger partial charge is 0.370 e. The second kappa shape index (κ2) is 5.81. The molecule has 14 heavy (non-hydrogen) atoms. The first-order valence-electron chi connectivity index (χ1n) is 4.68. The van der Waals surface area contributed by atoms with Gasteiger partial charge in [0, 0.05) is 11.9 Å². The van der Waals surface area contributed by atoms with Crippen LogP contribution in [0.5, 0.6) is 0 Å². The molecule has 0 bridgehead atoms. The smallest absolute Gasteiger partial charge is 0.141 e. The molecule has 0 amide bonds. The van der Waals surface area contributed by atoms with Gasteiger partial charge in [-0.25, -0.2) is 9.37 Å². The van der Waals surface area contributed by atoms with E-state index in [1.54, 1.807) is 6.07 Å². The third kappa shape index (κ3) is 4.42. The van der Waals surface area contributed by atoms with Crippen molar-refractivity contribution in [1.82, 2.24) is 4.98 Å². The number of halogens is 2. The van der Waals surface area contributed by atoms with Gasteiger partial charge in [0.25, 0.3) is 0 Å². The van der Waals surface area contributed by atoms with Crippen molar-refractivity contribution >= 4 is 17.4 Å². The van der Waals surface area contributed by atoms with Gasteiger partial charge in [-0.15, -0.1) is 11.6 Å². The third-order valence-electron chi connectivity index (χ3n) is 1.81. The predicted octanol–water partition coefficient (Wildman–Crippen LogP) is 3.04. The minimum Gasteiger partial charge on any atom is -0.370 e. The van der Waals surface area contributed by atoms with Crippen LogP contribution in [0.2, 0.25) is 0 Å². The molecule has 0 aliphatic carbocycles. The van der Waals surface area contributed by atoms with Gasteiger partial charge in [-0.2, -0.15) is 0 Å². The van der Waals surface area contributed by atoms with E-state index in [0.29, 0.717) is 5.82 Å². The summed E-state index contributed by atoms with van der Waals surface area (Å²) < 4.78 is 12.5. The molecule has 1 aromatic rings. The number of nitrogens with zero attached hydrogens (tertiary/aromatic N) is 1. The first-order chi connectivity index (χ1) is 6.68. The lowest BCUT2D eigenvalue weighted by atomic mass is 10.2. The molecular weight excluding hydrogens is 203 g/mol. The summed E-state index contributed by atoms with van der Waals surface area (Å²) in [5.41, 5.74) is 0.